The van der Waals surface area contributed by atoms with Crippen LogP contribution in [0.4, 0.5) is 0 Å². The largest absolute Gasteiger partial charge is 0.332 e. The number of nitrogens with zero attached hydrogens (tertiary/aromatic N) is 3. The lowest BCUT2D eigenvalue weighted by Gasteiger charge is -2.38. The van der Waals surface area contributed by atoms with E-state index in [0.29, 0.717) is 12.2 Å². The molecule has 0 saturated heterocycles. The average Bonchev–Trinajstić information content (AvgIpc) is 2.71. The van der Waals surface area contributed by atoms with Crippen LogP contribution in [0.15, 0.2) is 6.07 Å². The molecule has 1 aromatic rings. The molecule has 4 nitrogen and oxygen atoms in total. The van der Waals surface area contributed by atoms with Crippen molar-refractivity contribution in [2.24, 2.45) is 0 Å². The first-order valence-electron chi connectivity index (χ1n) is 7.43. The van der Waals surface area contributed by atoms with Gasteiger partial charge in [-0.25, -0.2) is 0 Å². The second-order valence-corrected chi connectivity index (χ2v) is 6.97. The number of carbonyl (C=O) groups excluding carboxylic acids is 1. The van der Waals surface area contributed by atoms with Crippen molar-refractivity contribution in [1.82, 2.24) is 14.7 Å². The number of hydrogen-bond acceptors (Lipinski definition) is 2. The Hall–Kier alpha value is -1.32. The first-order chi connectivity index (χ1) is 9.04. The summed E-state index contributed by atoms with van der Waals surface area (Å²) >= 11 is 0. The molecule has 0 aliphatic rings. The quantitative estimate of drug-likeness (QED) is 0.844. The second-order valence-electron chi connectivity index (χ2n) is 6.97. The molecule has 1 heterocycles. The minimum atomic E-state index is -0.199. The maximum Gasteiger partial charge on any atom is 0.272 e. The fraction of sp³-hybridized carbons (Fsp3) is 0.750. The fourth-order valence-electron chi connectivity index (χ4n) is 2.34. The monoisotopic (exact) mass is 279 g/mol. The van der Waals surface area contributed by atoms with Crippen LogP contribution in [0, 0.1) is 6.92 Å². The molecule has 1 rings (SSSR count). The van der Waals surface area contributed by atoms with Gasteiger partial charge in [-0.2, -0.15) is 5.10 Å². The molecule has 0 aliphatic carbocycles. The highest BCUT2D eigenvalue weighted by Gasteiger charge is 2.32. The van der Waals surface area contributed by atoms with Crippen molar-refractivity contribution >= 4 is 5.91 Å². The van der Waals surface area contributed by atoms with Crippen LogP contribution in [0.2, 0.25) is 0 Å². The van der Waals surface area contributed by atoms with Gasteiger partial charge in [-0.05, 0) is 61.0 Å². The minimum Gasteiger partial charge on any atom is -0.332 e. The Bertz CT molecular complexity index is 480. The molecule has 0 radical (unpaired) electrons. The molecule has 4 heteroatoms. The van der Waals surface area contributed by atoms with E-state index < -0.39 is 0 Å². The van der Waals surface area contributed by atoms with Crippen LogP contribution in [0.1, 0.15) is 71.1 Å². The van der Waals surface area contributed by atoms with Gasteiger partial charge in [-0.15, -0.1) is 0 Å². The summed E-state index contributed by atoms with van der Waals surface area (Å²) in [6, 6.07) is 1.89. The maximum absolute atomic E-state index is 12.9. The van der Waals surface area contributed by atoms with Crippen LogP contribution in [-0.2, 0) is 5.54 Å². The summed E-state index contributed by atoms with van der Waals surface area (Å²) in [5.74, 6) is 0.0647. The predicted octanol–water partition coefficient (Wildman–Crippen LogP) is 3.60. The number of hydrogen-bond donors (Lipinski definition) is 0. The number of rotatable bonds is 4. The fourth-order valence-corrected chi connectivity index (χ4v) is 2.34. The van der Waals surface area contributed by atoms with Gasteiger partial charge < -0.3 is 4.90 Å². The van der Waals surface area contributed by atoms with Crippen molar-refractivity contribution < 1.29 is 4.79 Å². The Kier molecular flexibility index (Phi) is 4.67. The van der Waals surface area contributed by atoms with E-state index in [1.165, 1.54) is 0 Å². The third kappa shape index (κ3) is 3.22. The first kappa shape index (κ1) is 16.7. The van der Waals surface area contributed by atoms with E-state index >= 15 is 0 Å². The van der Waals surface area contributed by atoms with Crippen molar-refractivity contribution in [1.29, 1.82) is 0 Å². The molecule has 0 fully saturated rings. The van der Waals surface area contributed by atoms with Gasteiger partial charge in [0.2, 0.25) is 0 Å². The summed E-state index contributed by atoms with van der Waals surface area (Å²) in [5.41, 5.74) is 1.22. The molecule has 0 N–H and O–H groups in total. The van der Waals surface area contributed by atoms with Gasteiger partial charge in [-0.1, -0.05) is 6.92 Å². The highest BCUT2D eigenvalue weighted by Crippen LogP contribution is 2.24. The lowest BCUT2D eigenvalue weighted by Crippen LogP contribution is -2.48. The van der Waals surface area contributed by atoms with E-state index in [9.17, 15) is 4.79 Å². The molecular weight excluding hydrogens is 250 g/mol. The summed E-state index contributed by atoms with van der Waals surface area (Å²) in [6.07, 6.45) is 0.926. The van der Waals surface area contributed by atoms with Crippen molar-refractivity contribution in [3.63, 3.8) is 0 Å². The predicted molar refractivity (Wildman–Crippen MR) is 83.0 cm³/mol. The summed E-state index contributed by atoms with van der Waals surface area (Å²) < 4.78 is 1.85. The Balaban J connectivity index is 3.27. The van der Waals surface area contributed by atoms with Gasteiger partial charge in [0, 0.05) is 12.1 Å². The van der Waals surface area contributed by atoms with E-state index in [-0.39, 0.29) is 17.0 Å². The van der Waals surface area contributed by atoms with E-state index in [0.717, 1.165) is 12.1 Å². The number of aryl methyl sites for hydroxylation is 1. The topological polar surface area (TPSA) is 38.1 Å². The molecule has 20 heavy (non-hydrogen) atoms. The Morgan fingerprint density at radius 2 is 1.80 bits per heavy atom. The number of amides is 1. The molecule has 0 aromatic carbocycles. The SMILES string of the molecule is CCN(C(=O)c1cc(C)nn1C(C)(C)C)C(C)(C)CC. The molecule has 0 bridgehead atoms. The van der Waals surface area contributed by atoms with Crippen LogP contribution in [-0.4, -0.2) is 32.7 Å². The standard InChI is InChI=1S/C16H29N3O/c1-9-16(7,8)18(10-2)14(20)13-11-12(3)17-19(13)15(4,5)6/h11H,9-10H2,1-8H3. The summed E-state index contributed by atoms with van der Waals surface area (Å²) in [4.78, 5) is 14.9. The Morgan fingerprint density at radius 3 is 2.20 bits per heavy atom. The first-order valence-corrected chi connectivity index (χ1v) is 7.43. The third-order valence-corrected chi connectivity index (χ3v) is 3.84. The molecule has 0 aliphatic heterocycles. The van der Waals surface area contributed by atoms with Crippen LogP contribution >= 0.6 is 0 Å². The van der Waals surface area contributed by atoms with Crippen molar-refractivity contribution in [2.75, 3.05) is 6.54 Å². The minimum absolute atomic E-state index is 0.0647. The average molecular weight is 279 g/mol. The Morgan fingerprint density at radius 1 is 1.25 bits per heavy atom. The molecule has 0 saturated carbocycles. The normalized spacial score (nSPS) is 12.6. The van der Waals surface area contributed by atoms with Gasteiger partial charge in [-0.3, -0.25) is 9.48 Å². The smallest absolute Gasteiger partial charge is 0.272 e. The highest BCUT2D eigenvalue weighted by molar-refractivity contribution is 5.93. The molecule has 1 aromatic heterocycles. The van der Waals surface area contributed by atoms with Crippen molar-refractivity contribution in [3.05, 3.63) is 17.5 Å². The summed E-state index contributed by atoms with van der Waals surface area (Å²) in [6.45, 7) is 17.2. The van der Waals surface area contributed by atoms with Crippen LogP contribution in [0.5, 0.6) is 0 Å². The number of aromatic nitrogens is 2. The lowest BCUT2D eigenvalue weighted by molar-refractivity contribution is 0.0536. The van der Waals surface area contributed by atoms with Crippen LogP contribution in [0.25, 0.3) is 0 Å². The molecule has 114 valence electrons. The molecule has 0 atom stereocenters. The number of carbonyl (C=O) groups is 1. The maximum atomic E-state index is 12.9. The van der Waals surface area contributed by atoms with E-state index in [2.05, 4.69) is 46.6 Å². The van der Waals surface area contributed by atoms with Gasteiger partial charge in [0.05, 0.1) is 11.2 Å². The van der Waals surface area contributed by atoms with Gasteiger partial charge >= 0.3 is 0 Å². The van der Waals surface area contributed by atoms with Gasteiger partial charge in [0.1, 0.15) is 5.69 Å². The molecule has 1 amide bonds. The molecule has 0 spiro atoms. The van der Waals surface area contributed by atoms with Crippen molar-refractivity contribution in [3.8, 4) is 0 Å². The third-order valence-electron chi connectivity index (χ3n) is 3.84. The lowest BCUT2D eigenvalue weighted by atomic mass is 9.98. The van der Waals surface area contributed by atoms with Crippen molar-refractivity contribution in [2.45, 2.75) is 72.9 Å². The van der Waals surface area contributed by atoms with Gasteiger partial charge in [0.25, 0.3) is 5.91 Å². The zero-order valence-electron chi connectivity index (χ0n) is 14.2. The van der Waals surface area contributed by atoms with E-state index in [4.69, 9.17) is 0 Å². The summed E-state index contributed by atoms with van der Waals surface area (Å²) in [5, 5.41) is 4.50. The molecular formula is C16H29N3O. The van der Waals surface area contributed by atoms with E-state index in [1.807, 2.05) is 29.5 Å². The Labute approximate surface area is 123 Å². The van der Waals surface area contributed by atoms with Gasteiger partial charge in [0.15, 0.2) is 0 Å². The van der Waals surface area contributed by atoms with Crippen LogP contribution < -0.4 is 0 Å². The van der Waals surface area contributed by atoms with Crippen LogP contribution in [0.3, 0.4) is 0 Å². The molecule has 0 unspecified atom stereocenters. The highest BCUT2D eigenvalue weighted by atomic mass is 16.2. The summed E-state index contributed by atoms with van der Waals surface area (Å²) in [7, 11) is 0. The van der Waals surface area contributed by atoms with E-state index in [1.54, 1.807) is 0 Å². The second kappa shape index (κ2) is 5.58. The zero-order chi connectivity index (χ0) is 15.7. The zero-order valence-corrected chi connectivity index (χ0v) is 14.2.